The Hall–Kier alpha value is -15.3. The quantitative estimate of drug-likeness (QED) is 0.0222. The van der Waals surface area contributed by atoms with Crippen molar-refractivity contribution in [3.63, 3.8) is 0 Å². The number of aromatic nitrogens is 12. The molecule has 3 aliphatic rings. The monoisotopic (exact) mass is 1810 g/mol. The molecule has 0 spiro atoms. The van der Waals surface area contributed by atoms with Crippen LogP contribution in [0.4, 0.5) is 51.6 Å². The molecule has 18 aromatic rings. The zero-order valence-corrected chi connectivity index (χ0v) is 76.8. The van der Waals surface area contributed by atoms with E-state index in [1.165, 1.54) is 69.5 Å². The number of aromatic amines is 2. The van der Waals surface area contributed by atoms with Crippen LogP contribution in [0.3, 0.4) is 0 Å². The second kappa shape index (κ2) is 40.4. The summed E-state index contributed by atoms with van der Waals surface area (Å²) < 4.78 is 14.7. The largest absolute Gasteiger partial charge is 0.494 e. The molecule has 1 aliphatic carbocycles. The van der Waals surface area contributed by atoms with Gasteiger partial charge in [-0.3, -0.25) is 39.0 Å². The molecule has 0 radical (unpaired) electrons. The third kappa shape index (κ3) is 20.6. The van der Waals surface area contributed by atoms with Crippen molar-refractivity contribution in [1.29, 1.82) is 0 Å². The highest BCUT2D eigenvalue weighted by Crippen LogP contribution is 2.45. The number of Topliss-reactive ketones (excluding diaryl/α,β-unsaturated/α-hetero) is 1. The number of likely N-dealkylation sites (N-methyl/N-ethyl adjacent to an activating group) is 1. The lowest BCUT2D eigenvalue weighted by Gasteiger charge is -2.25. The Balaban J connectivity index is 0.000000116. The molecule has 133 heavy (non-hydrogen) atoms. The minimum absolute atomic E-state index is 0.0671. The van der Waals surface area contributed by atoms with Gasteiger partial charge in [-0.05, 0) is 201 Å². The average molecular weight is 1810 g/mol. The lowest BCUT2D eigenvalue weighted by molar-refractivity contribution is 0.0932. The van der Waals surface area contributed by atoms with Crippen molar-refractivity contribution in [3.05, 3.63) is 301 Å². The van der Waals surface area contributed by atoms with Crippen molar-refractivity contribution in [2.75, 3.05) is 78.8 Å². The first-order valence-corrected chi connectivity index (χ1v) is 46.1. The number of thiazole rings is 1. The number of nitrogens with zero attached hydrogens (tertiary/aromatic N) is 11. The van der Waals surface area contributed by atoms with Gasteiger partial charge in [-0.2, -0.15) is 14.7 Å². The topological polar surface area (TPSA) is 371 Å². The number of hydrogen-bond acceptors (Lipinski definition) is 26. The van der Waals surface area contributed by atoms with Crippen LogP contribution in [-0.2, 0) is 6.42 Å². The second-order valence-corrected chi connectivity index (χ2v) is 35.4. The van der Waals surface area contributed by atoms with E-state index in [0.29, 0.717) is 65.1 Å². The summed E-state index contributed by atoms with van der Waals surface area (Å²) in [5.41, 5.74) is 17.4. The number of rotatable bonds is 22. The van der Waals surface area contributed by atoms with E-state index in [1.807, 2.05) is 185 Å². The van der Waals surface area contributed by atoms with E-state index >= 15 is 0 Å². The van der Waals surface area contributed by atoms with Crippen LogP contribution in [0.25, 0.3) is 87.7 Å². The fraction of sp³-hybridized carbons (Fsp3) is 0.235. The zero-order chi connectivity index (χ0) is 92.3. The van der Waals surface area contributed by atoms with Gasteiger partial charge in [-0.25, -0.2) is 24.9 Å². The Bertz CT molecular complexity index is 7300. The Labute approximate surface area is 775 Å². The summed E-state index contributed by atoms with van der Waals surface area (Å²) >= 11 is 3.09. The molecule has 0 bridgehead atoms. The van der Waals surface area contributed by atoms with E-state index in [9.17, 15) is 24.0 Å². The standard InChI is InChI=1S/C22H25N5O3S.C22H20N4S.C21H27N5O.C20H15N5O.C17H15N3O2/c1-12-10-24-22(30)20-19(12)14-8-13(4-5-15(14)26-20)17(28)9-18-25-16(11-31-18)21(29)23-6-7-27(2)3;1-12-4-5-15(11-23-12)17-7-6-16-18(26-17)8-9-19-20(16)21-22(27-19)14(3)25-13(2)10-24-21;1-3-27-18-11-9-17(10-12-18)24-21-15(2)20(23-16-7-5-4-6-8-16)25-19-13-14-22-26(19)21;1-12-21-7-6-19(23-12)24-15-8-14-11-22-25-20(14)16(10-15)18-9-13-4-2-3-5-17(13)26-18;1-11(12-5-3-2-4-6-12)19-14-15(17(22)16(14)21)20-13-7-9-18-10-8-13/h4-5,8,11-12,26H,6-7,9-10H2,1-3H3,(H,23,29)(H,24,30);4-9,11,13,24-25H,3,10H2,1-2H3;9-14,16,24H,3-8H2,1-2H3,(H,23,25);2-11H,1H3,(H,22,25)(H,21,23,24);2-11,19H,1H3,(H,18,20)/t12-;13-;;;11-/m01..1/s1. The molecule has 3 atom stereocenters. The number of para-hydroxylation sites is 1. The SMILES string of the molecule is C=C1N[C@H](C)CNc2c1sc1ccc3nc(-c4ccc(C)nc4)ccc3c21.CCOc1ccc(Nc2c(C)c(NC3CCCCC3)nc3ccnn23)cc1.C[C@@H](Nc1c(Nc2ccncc2)c(=O)c1=O)c1ccccc1.C[C@H]1CNC(=O)c2[nH]c3ccc(C(=O)Cc4nc(C(=O)NCCN(C)C)cs4)cc3c21.Cc1nccc(Nc2cc(-c3cc4ccccc4o3)c3[nH]ncc3c2)n1. The van der Waals surface area contributed by atoms with Gasteiger partial charge in [0.1, 0.15) is 68.1 Å². The first-order valence-electron chi connectivity index (χ1n) is 44.4. The van der Waals surface area contributed by atoms with Crippen LogP contribution in [0.2, 0.25) is 0 Å². The minimum atomic E-state index is -0.500. The van der Waals surface area contributed by atoms with Gasteiger partial charge in [-0.15, -0.1) is 22.7 Å². The molecule has 1 fully saturated rings. The van der Waals surface area contributed by atoms with Crippen LogP contribution in [0.5, 0.6) is 5.75 Å². The number of nitrogens with one attached hydrogen (secondary N) is 11. The molecule has 21 rings (SSSR count). The average Bonchev–Trinajstić information content (AvgIpc) is 1.64. The molecule has 1 saturated carbocycles. The molecule has 2 aliphatic heterocycles. The number of fused-ring (bicyclic) bond motifs is 11. The number of benzene rings is 6. The van der Waals surface area contributed by atoms with E-state index in [0.717, 1.165) is 154 Å². The van der Waals surface area contributed by atoms with E-state index in [-0.39, 0.29) is 36.0 Å². The molecule has 0 saturated heterocycles. The smallest absolute Gasteiger partial charge is 0.270 e. The minimum Gasteiger partial charge on any atom is -0.494 e. The molecular formula is C102H102N22O7S2. The first kappa shape index (κ1) is 89.6. The molecule has 31 heteroatoms. The number of pyridine rings is 3. The summed E-state index contributed by atoms with van der Waals surface area (Å²) in [7, 11) is 3.88. The highest BCUT2D eigenvalue weighted by molar-refractivity contribution is 7.21. The zero-order valence-electron chi connectivity index (χ0n) is 75.2. The predicted octanol–water partition coefficient (Wildman–Crippen LogP) is 19.7. The van der Waals surface area contributed by atoms with Crippen molar-refractivity contribution >= 4 is 157 Å². The van der Waals surface area contributed by atoms with Crippen LogP contribution in [0, 0.1) is 20.8 Å². The van der Waals surface area contributed by atoms with Gasteiger partial charge in [0.05, 0.1) is 52.7 Å². The van der Waals surface area contributed by atoms with Crippen LogP contribution in [0.1, 0.15) is 141 Å². The van der Waals surface area contributed by atoms with Gasteiger partial charge >= 0.3 is 0 Å². The molecule has 11 aromatic heterocycles. The Morgan fingerprint density at radius 3 is 2.31 bits per heavy atom. The van der Waals surface area contributed by atoms with Gasteiger partial charge in [0.2, 0.25) is 0 Å². The normalized spacial score (nSPS) is 14.3. The van der Waals surface area contributed by atoms with E-state index < -0.39 is 10.9 Å². The summed E-state index contributed by atoms with van der Waals surface area (Å²) in [5.74, 6) is 4.77. The molecule has 674 valence electrons. The number of hydrogen-bond donors (Lipinski definition) is 11. The van der Waals surface area contributed by atoms with Gasteiger partial charge in [0.15, 0.2) is 11.4 Å². The molecule has 0 unspecified atom stereocenters. The summed E-state index contributed by atoms with van der Waals surface area (Å²) in [6.45, 7) is 21.7. The van der Waals surface area contributed by atoms with Crippen LogP contribution in [0.15, 0.2) is 239 Å². The third-order valence-corrected chi connectivity index (χ3v) is 25.4. The summed E-state index contributed by atoms with van der Waals surface area (Å²) in [6.07, 6.45) is 16.9. The molecule has 7 aromatic carbocycles. The highest BCUT2D eigenvalue weighted by Gasteiger charge is 2.30. The molecule has 11 N–H and O–H groups in total. The lowest BCUT2D eigenvalue weighted by Crippen LogP contribution is -2.37. The fourth-order valence-electron chi connectivity index (χ4n) is 16.4. The second-order valence-electron chi connectivity index (χ2n) is 33.4. The maximum atomic E-state index is 12.9. The lowest BCUT2D eigenvalue weighted by atomic mass is 9.93. The van der Waals surface area contributed by atoms with Crippen molar-refractivity contribution in [2.45, 2.75) is 111 Å². The highest BCUT2D eigenvalue weighted by atomic mass is 32.1. The van der Waals surface area contributed by atoms with Crippen molar-refractivity contribution in [1.82, 2.24) is 80.5 Å². The maximum absolute atomic E-state index is 12.9. The van der Waals surface area contributed by atoms with E-state index in [1.54, 1.807) is 65.9 Å². The number of furan rings is 1. The maximum Gasteiger partial charge on any atom is 0.270 e. The predicted molar refractivity (Wildman–Crippen MR) is 533 cm³/mol. The Morgan fingerprint density at radius 2 is 1.53 bits per heavy atom. The van der Waals surface area contributed by atoms with Crippen LogP contribution >= 0.6 is 22.7 Å². The first-order chi connectivity index (χ1) is 64.6. The van der Waals surface area contributed by atoms with Crippen LogP contribution < -0.4 is 63.4 Å². The number of carbonyl (C=O) groups is 3. The number of carbonyl (C=O) groups excluding carboxylic acids is 3. The third-order valence-electron chi connectivity index (χ3n) is 23.4. The van der Waals surface area contributed by atoms with Crippen molar-refractivity contribution in [3.8, 4) is 28.3 Å². The summed E-state index contributed by atoms with van der Waals surface area (Å²) in [4.78, 5) is 98.1. The number of H-pyrrole nitrogens is 2. The van der Waals surface area contributed by atoms with Crippen molar-refractivity contribution in [2.24, 2.45) is 0 Å². The number of aryl methyl sites for hydroxylation is 2. The Morgan fingerprint density at radius 1 is 0.729 bits per heavy atom. The number of anilines is 9. The number of amides is 2. The van der Waals surface area contributed by atoms with Gasteiger partial charge < -0.3 is 66.9 Å². The fourth-order valence-corrected chi connectivity index (χ4v) is 18.3. The summed E-state index contributed by atoms with van der Waals surface area (Å²) in [5, 5.41) is 48.8. The number of thiophene rings is 1. The molecule has 2 amide bonds. The molecular weight excluding hydrogens is 1710 g/mol. The summed E-state index contributed by atoms with van der Waals surface area (Å²) in [6, 6.07) is 58.0. The van der Waals surface area contributed by atoms with Gasteiger partial charge in [0.25, 0.3) is 22.7 Å². The number of ether oxygens (including phenoxy) is 1. The molecule has 13 heterocycles. The van der Waals surface area contributed by atoms with Crippen LogP contribution in [-0.4, -0.2) is 141 Å². The Kier molecular flexibility index (Phi) is 27.2. The van der Waals surface area contributed by atoms with Gasteiger partial charge in [0, 0.05) is 174 Å². The van der Waals surface area contributed by atoms with Gasteiger partial charge in [-0.1, -0.05) is 81.3 Å². The van der Waals surface area contributed by atoms with E-state index in [2.05, 4.69) is 151 Å². The van der Waals surface area contributed by atoms with E-state index in [4.69, 9.17) is 19.1 Å². The van der Waals surface area contributed by atoms with Crippen molar-refractivity contribution < 1.29 is 23.5 Å². The number of ketones is 1. The molecule has 29 nitrogen and oxygen atoms in total.